The Balaban J connectivity index is 1.44. The van der Waals surface area contributed by atoms with Crippen LogP contribution >= 0.6 is 22.9 Å². The van der Waals surface area contributed by atoms with Gasteiger partial charge in [-0.15, -0.1) is 0 Å². The van der Waals surface area contributed by atoms with Gasteiger partial charge < -0.3 is 10.2 Å². The first-order valence-electron chi connectivity index (χ1n) is 8.68. The Hall–Kier alpha value is -2.38. The Morgan fingerprint density at radius 3 is 2.48 bits per heavy atom. The molecule has 0 radical (unpaired) electrons. The lowest BCUT2D eigenvalue weighted by Crippen LogP contribution is -2.55. The molecule has 0 atom stereocenters. The molecule has 1 aromatic carbocycles. The molecular formula is C19H18ClN3O3S. The van der Waals surface area contributed by atoms with Crippen molar-refractivity contribution in [1.29, 1.82) is 0 Å². The van der Waals surface area contributed by atoms with E-state index in [9.17, 15) is 14.4 Å². The first kappa shape index (κ1) is 18.0. The Kier molecular flexibility index (Phi) is 4.65. The van der Waals surface area contributed by atoms with Crippen molar-refractivity contribution in [3.05, 3.63) is 57.2 Å². The van der Waals surface area contributed by atoms with Crippen molar-refractivity contribution >= 4 is 40.8 Å². The van der Waals surface area contributed by atoms with Gasteiger partial charge in [0.05, 0.1) is 12.1 Å². The lowest BCUT2D eigenvalue weighted by atomic mass is 9.87. The van der Waals surface area contributed by atoms with E-state index < -0.39 is 5.54 Å². The molecule has 2 aliphatic rings. The summed E-state index contributed by atoms with van der Waals surface area (Å²) in [6.45, 7) is 1.09. The molecule has 2 aliphatic heterocycles. The summed E-state index contributed by atoms with van der Waals surface area (Å²) in [6.07, 6.45) is 0.842. The number of urea groups is 1. The first-order valence-corrected chi connectivity index (χ1v) is 10.0. The molecule has 4 rings (SSSR count). The molecular weight excluding hydrogens is 386 g/mol. The maximum Gasteiger partial charge on any atom is 0.325 e. The van der Waals surface area contributed by atoms with Gasteiger partial charge in [0, 0.05) is 23.5 Å². The molecule has 6 nitrogen and oxygen atoms in total. The lowest BCUT2D eigenvalue weighted by molar-refractivity contribution is -0.133. The molecule has 1 spiro atoms. The number of piperidine rings is 1. The largest absolute Gasteiger partial charge is 0.338 e. The molecule has 27 heavy (non-hydrogen) atoms. The van der Waals surface area contributed by atoms with Crippen molar-refractivity contribution < 1.29 is 14.4 Å². The van der Waals surface area contributed by atoms with Crippen molar-refractivity contribution in [2.24, 2.45) is 0 Å². The molecule has 0 aliphatic carbocycles. The van der Waals surface area contributed by atoms with Gasteiger partial charge in [0.1, 0.15) is 5.54 Å². The number of imide groups is 1. The van der Waals surface area contributed by atoms with E-state index >= 15 is 0 Å². The summed E-state index contributed by atoms with van der Waals surface area (Å²) < 4.78 is 0. The summed E-state index contributed by atoms with van der Waals surface area (Å²) in [5.74, 6) is -0.244. The summed E-state index contributed by atoms with van der Waals surface area (Å²) in [7, 11) is 0. The number of nitrogens with zero attached hydrogens (tertiary/aromatic N) is 2. The fourth-order valence-electron chi connectivity index (χ4n) is 3.59. The molecule has 2 saturated heterocycles. The van der Waals surface area contributed by atoms with Gasteiger partial charge >= 0.3 is 6.03 Å². The van der Waals surface area contributed by atoms with Gasteiger partial charge in [-0.25, -0.2) is 4.79 Å². The highest BCUT2D eigenvalue weighted by Gasteiger charge is 2.52. The van der Waals surface area contributed by atoms with E-state index in [1.165, 1.54) is 16.2 Å². The number of amides is 4. The standard InChI is InChI=1S/C19H18ClN3O3S/c20-15-3-1-13(2-4-15)11-23-17(25)19(21-18(23)26)6-8-22(9-7-19)16(24)14-5-10-27-12-14/h1-5,10,12H,6-9,11H2,(H,21,26). The van der Waals surface area contributed by atoms with Crippen LogP contribution in [0.15, 0.2) is 41.1 Å². The van der Waals surface area contributed by atoms with Crippen molar-refractivity contribution in [2.45, 2.75) is 24.9 Å². The van der Waals surface area contributed by atoms with E-state index in [1.54, 1.807) is 35.2 Å². The van der Waals surface area contributed by atoms with Crippen LogP contribution in [0.5, 0.6) is 0 Å². The predicted octanol–water partition coefficient (Wildman–Crippen LogP) is 3.13. The van der Waals surface area contributed by atoms with Crippen molar-refractivity contribution in [2.75, 3.05) is 13.1 Å². The quantitative estimate of drug-likeness (QED) is 0.800. The monoisotopic (exact) mass is 403 g/mol. The van der Waals surface area contributed by atoms with Crippen LogP contribution in [0.1, 0.15) is 28.8 Å². The summed E-state index contributed by atoms with van der Waals surface area (Å²) in [4.78, 5) is 40.9. The number of likely N-dealkylation sites (tertiary alicyclic amines) is 1. The maximum atomic E-state index is 13.0. The van der Waals surface area contributed by atoms with Crippen LogP contribution in [0, 0.1) is 0 Å². The normalized spacial score (nSPS) is 18.9. The molecule has 2 fully saturated rings. The van der Waals surface area contributed by atoms with E-state index in [2.05, 4.69) is 5.32 Å². The highest BCUT2D eigenvalue weighted by Crippen LogP contribution is 2.31. The second-order valence-corrected chi connectivity index (χ2v) is 8.05. The van der Waals surface area contributed by atoms with Crippen LogP contribution in [-0.4, -0.2) is 46.3 Å². The minimum atomic E-state index is -0.908. The maximum absolute atomic E-state index is 13.0. The number of halogens is 1. The van der Waals surface area contributed by atoms with E-state index in [1.807, 2.05) is 10.8 Å². The average Bonchev–Trinajstić information content (AvgIpc) is 3.28. The molecule has 2 aromatic rings. The molecule has 140 valence electrons. The lowest BCUT2D eigenvalue weighted by Gasteiger charge is -2.37. The van der Waals surface area contributed by atoms with Gasteiger partial charge in [0.15, 0.2) is 0 Å². The van der Waals surface area contributed by atoms with Crippen molar-refractivity contribution in [3.8, 4) is 0 Å². The zero-order valence-corrected chi connectivity index (χ0v) is 16.1. The number of hydrogen-bond acceptors (Lipinski definition) is 4. The average molecular weight is 404 g/mol. The molecule has 4 amide bonds. The molecule has 3 heterocycles. The van der Waals surface area contributed by atoms with E-state index in [0.717, 1.165) is 5.56 Å². The molecule has 0 bridgehead atoms. The van der Waals surface area contributed by atoms with Crippen LogP contribution in [0.2, 0.25) is 5.02 Å². The summed E-state index contributed by atoms with van der Waals surface area (Å²) in [6, 6.07) is 8.49. The number of carbonyl (C=O) groups is 3. The fraction of sp³-hybridized carbons (Fsp3) is 0.316. The second kappa shape index (κ2) is 6.98. The third kappa shape index (κ3) is 3.33. The van der Waals surface area contributed by atoms with Crippen LogP contribution in [-0.2, 0) is 11.3 Å². The van der Waals surface area contributed by atoms with Crippen molar-refractivity contribution in [3.63, 3.8) is 0 Å². The first-order chi connectivity index (χ1) is 13.0. The van der Waals surface area contributed by atoms with Gasteiger partial charge in [-0.1, -0.05) is 23.7 Å². The number of benzene rings is 1. The van der Waals surface area contributed by atoms with Crippen molar-refractivity contribution in [1.82, 2.24) is 15.1 Å². The Labute approximate surface area is 165 Å². The number of carbonyl (C=O) groups excluding carboxylic acids is 3. The minimum absolute atomic E-state index is 0.0270. The van der Waals surface area contributed by atoms with Gasteiger partial charge in [-0.05, 0) is 42.0 Å². The predicted molar refractivity (Wildman–Crippen MR) is 103 cm³/mol. The number of rotatable bonds is 3. The highest BCUT2D eigenvalue weighted by atomic mass is 35.5. The molecule has 0 unspecified atom stereocenters. The topological polar surface area (TPSA) is 69.7 Å². The molecule has 0 saturated carbocycles. The zero-order chi connectivity index (χ0) is 19.0. The van der Waals surface area contributed by atoms with Gasteiger partial charge in [-0.3, -0.25) is 14.5 Å². The van der Waals surface area contributed by atoms with E-state index in [4.69, 9.17) is 11.6 Å². The summed E-state index contributed by atoms with van der Waals surface area (Å²) in [5, 5.41) is 7.17. The highest BCUT2D eigenvalue weighted by molar-refractivity contribution is 7.08. The number of hydrogen-bond donors (Lipinski definition) is 1. The van der Waals surface area contributed by atoms with E-state index in [-0.39, 0.29) is 24.4 Å². The minimum Gasteiger partial charge on any atom is -0.338 e. The molecule has 1 N–H and O–H groups in total. The Morgan fingerprint density at radius 2 is 1.85 bits per heavy atom. The third-order valence-electron chi connectivity index (χ3n) is 5.17. The van der Waals surface area contributed by atoms with Crippen LogP contribution in [0.25, 0.3) is 0 Å². The van der Waals surface area contributed by atoms with E-state index in [0.29, 0.717) is 36.5 Å². The van der Waals surface area contributed by atoms with Gasteiger partial charge in [-0.2, -0.15) is 11.3 Å². The van der Waals surface area contributed by atoms with Gasteiger partial charge in [0.25, 0.3) is 11.8 Å². The Morgan fingerprint density at radius 1 is 1.15 bits per heavy atom. The third-order valence-corrected chi connectivity index (χ3v) is 6.11. The summed E-state index contributed by atoms with van der Waals surface area (Å²) >= 11 is 7.37. The zero-order valence-electron chi connectivity index (χ0n) is 14.5. The van der Waals surface area contributed by atoms with Crippen LogP contribution in [0.3, 0.4) is 0 Å². The Bertz CT molecular complexity index is 874. The number of thiophene rings is 1. The molecule has 8 heteroatoms. The number of nitrogens with one attached hydrogen (secondary N) is 1. The van der Waals surface area contributed by atoms with Crippen LogP contribution < -0.4 is 5.32 Å². The fourth-order valence-corrected chi connectivity index (χ4v) is 4.35. The second-order valence-electron chi connectivity index (χ2n) is 6.83. The summed E-state index contributed by atoms with van der Waals surface area (Å²) in [5.41, 5.74) is 0.599. The van der Waals surface area contributed by atoms with Gasteiger partial charge in [0.2, 0.25) is 0 Å². The SMILES string of the molecule is O=C(c1ccsc1)N1CCC2(CC1)NC(=O)N(Cc1ccc(Cl)cc1)C2=O. The smallest absolute Gasteiger partial charge is 0.325 e. The van der Waals surface area contributed by atoms with Crippen LogP contribution in [0.4, 0.5) is 4.79 Å². The molecule has 1 aromatic heterocycles.